The van der Waals surface area contributed by atoms with Crippen molar-refractivity contribution < 1.29 is 19.7 Å². The number of aliphatic hydroxyl groups excluding tert-OH is 2. The van der Waals surface area contributed by atoms with Crippen LogP contribution in [0.1, 0.15) is 6.42 Å². The zero-order valence-corrected chi connectivity index (χ0v) is 8.54. The monoisotopic (exact) mass is 227 g/mol. The van der Waals surface area contributed by atoms with Crippen LogP contribution in [-0.4, -0.2) is 64.7 Å². The Labute approximate surface area is 91.8 Å². The molecule has 0 aromatic carbocycles. The van der Waals surface area contributed by atoms with Crippen molar-refractivity contribution in [2.45, 2.75) is 31.0 Å². The number of nitrogens with one attached hydrogen (secondary N) is 1. The summed E-state index contributed by atoms with van der Waals surface area (Å²) in [6.45, 7) is 0.372. The number of ether oxygens (including phenoxy) is 2. The number of rotatable bonds is 1. The van der Waals surface area contributed by atoms with Crippen molar-refractivity contribution in [3.05, 3.63) is 0 Å². The SMILES string of the molecule is N=C1CCN2C(=N1)O[C@@H]1C(O)[C@@H](CO)O[C@H]12. The van der Waals surface area contributed by atoms with Gasteiger partial charge in [0.05, 0.1) is 6.61 Å². The third kappa shape index (κ3) is 1.25. The van der Waals surface area contributed by atoms with Crippen LogP contribution in [0.15, 0.2) is 4.99 Å². The van der Waals surface area contributed by atoms with E-state index in [0.29, 0.717) is 19.0 Å². The molecule has 3 aliphatic rings. The molecule has 3 N–H and O–H groups in total. The van der Waals surface area contributed by atoms with Crippen molar-refractivity contribution >= 4 is 11.9 Å². The molecular weight excluding hydrogens is 214 g/mol. The summed E-state index contributed by atoms with van der Waals surface area (Å²) in [6.07, 6.45) is -1.81. The summed E-state index contributed by atoms with van der Waals surface area (Å²) in [6, 6.07) is 0.349. The maximum Gasteiger partial charge on any atom is 0.296 e. The lowest BCUT2D eigenvalue weighted by Gasteiger charge is -2.25. The second-order valence-electron chi connectivity index (χ2n) is 4.11. The van der Waals surface area contributed by atoms with E-state index in [1.54, 1.807) is 4.90 Å². The summed E-state index contributed by atoms with van der Waals surface area (Å²) in [5.41, 5.74) is 0. The third-order valence-corrected chi connectivity index (χ3v) is 3.11. The van der Waals surface area contributed by atoms with Crippen molar-refractivity contribution in [3.63, 3.8) is 0 Å². The number of hydrogen-bond donors (Lipinski definition) is 3. The second-order valence-corrected chi connectivity index (χ2v) is 4.11. The second kappa shape index (κ2) is 3.41. The van der Waals surface area contributed by atoms with E-state index in [1.807, 2.05) is 0 Å². The van der Waals surface area contributed by atoms with Gasteiger partial charge in [0.25, 0.3) is 6.02 Å². The van der Waals surface area contributed by atoms with Gasteiger partial charge in [0, 0.05) is 13.0 Å². The van der Waals surface area contributed by atoms with E-state index >= 15 is 0 Å². The van der Waals surface area contributed by atoms with E-state index < -0.39 is 18.3 Å². The Morgan fingerprint density at radius 1 is 1.56 bits per heavy atom. The van der Waals surface area contributed by atoms with Crippen molar-refractivity contribution in [3.8, 4) is 0 Å². The molecule has 7 heteroatoms. The Hall–Kier alpha value is -1.18. The van der Waals surface area contributed by atoms with Crippen molar-refractivity contribution in [1.82, 2.24) is 4.90 Å². The van der Waals surface area contributed by atoms with Crippen LogP contribution in [0.5, 0.6) is 0 Å². The van der Waals surface area contributed by atoms with Crippen molar-refractivity contribution in [2.75, 3.05) is 13.2 Å². The fraction of sp³-hybridized carbons (Fsp3) is 0.778. The maximum atomic E-state index is 9.83. The van der Waals surface area contributed by atoms with E-state index in [-0.39, 0.29) is 18.7 Å². The number of aliphatic hydroxyl groups is 2. The van der Waals surface area contributed by atoms with Gasteiger partial charge in [-0.15, -0.1) is 0 Å². The van der Waals surface area contributed by atoms with Crippen LogP contribution in [0.4, 0.5) is 0 Å². The quantitative estimate of drug-likeness (QED) is 0.506. The van der Waals surface area contributed by atoms with Gasteiger partial charge in [0.2, 0.25) is 0 Å². The number of hydrogen-bond acceptors (Lipinski definition) is 6. The predicted molar refractivity (Wildman–Crippen MR) is 53.1 cm³/mol. The minimum atomic E-state index is -0.850. The van der Waals surface area contributed by atoms with Gasteiger partial charge in [-0.3, -0.25) is 10.3 Å². The summed E-state index contributed by atoms with van der Waals surface area (Å²) in [7, 11) is 0. The molecule has 0 saturated carbocycles. The van der Waals surface area contributed by atoms with Gasteiger partial charge in [0.15, 0.2) is 12.3 Å². The van der Waals surface area contributed by atoms with Gasteiger partial charge in [-0.2, -0.15) is 4.99 Å². The van der Waals surface area contributed by atoms with Crippen LogP contribution >= 0.6 is 0 Å². The molecule has 0 aromatic rings. The molecule has 0 bridgehead atoms. The predicted octanol–water partition coefficient (Wildman–Crippen LogP) is -1.50. The molecule has 7 nitrogen and oxygen atoms in total. The number of nitrogens with zero attached hydrogens (tertiary/aromatic N) is 2. The first-order chi connectivity index (χ1) is 7.70. The van der Waals surface area contributed by atoms with Crippen LogP contribution in [0.25, 0.3) is 0 Å². The summed E-state index contributed by atoms with van der Waals surface area (Å²) in [5, 5.41) is 26.3. The molecule has 0 aromatic heterocycles. The molecule has 4 atom stereocenters. The molecule has 3 aliphatic heterocycles. The molecule has 2 fully saturated rings. The zero-order valence-electron chi connectivity index (χ0n) is 8.54. The van der Waals surface area contributed by atoms with Crippen molar-refractivity contribution in [1.29, 1.82) is 5.41 Å². The minimum absolute atomic E-state index is 0.229. The lowest BCUT2D eigenvalue weighted by molar-refractivity contribution is -0.0559. The summed E-state index contributed by atoms with van der Waals surface area (Å²) >= 11 is 0. The van der Waals surface area contributed by atoms with Crippen LogP contribution in [0, 0.1) is 5.41 Å². The Balaban J connectivity index is 1.85. The van der Waals surface area contributed by atoms with Gasteiger partial charge < -0.3 is 19.7 Å². The summed E-state index contributed by atoms with van der Waals surface area (Å²) < 4.78 is 11.0. The van der Waals surface area contributed by atoms with Crippen LogP contribution < -0.4 is 0 Å². The molecule has 2 saturated heterocycles. The molecule has 0 amide bonds. The average Bonchev–Trinajstić information content (AvgIpc) is 2.75. The zero-order chi connectivity index (χ0) is 11.3. The lowest BCUT2D eigenvalue weighted by atomic mass is 10.1. The molecule has 16 heavy (non-hydrogen) atoms. The summed E-state index contributed by atoms with van der Waals surface area (Å²) in [5.74, 6) is 0.277. The Kier molecular flexibility index (Phi) is 2.13. The highest BCUT2D eigenvalue weighted by molar-refractivity contribution is 5.95. The molecule has 0 radical (unpaired) electrons. The first kappa shape index (κ1) is 10.0. The van der Waals surface area contributed by atoms with Gasteiger partial charge in [-0.25, -0.2) is 0 Å². The van der Waals surface area contributed by atoms with Gasteiger partial charge >= 0.3 is 0 Å². The molecule has 0 aliphatic carbocycles. The first-order valence-electron chi connectivity index (χ1n) is 5.24. The highest BCUT2D eigenvalue weighted by Crippen LogP contribution is 2.33. The highest BCUT2D eigenvalue weighted by atomic mass is 16.6. The standard InChI is InChI=1S/C9H13N3O4/c10-5-1-2-12-8-7(16-9(12)11-5)6(14)4(3-13)15-8/h4,6-8,10,13-14H,1-3H2/t4-,6?,7-,8-/m1/s1. The molecule has 3 heterocycles. The van der Waals surface area contributed by atoms with E-state index in [0.717, 1.165) is 0 Å². The van der Waals surface area contributed by atoms with E-state index in [1.165, 1.54) is 0 Å². The van der Waals surface area contributed by atoms with Crippen LogP contribution in [-0.2, 0) is 9.47 Å². The van der Waals surface area contributed by atoms with E-state index in [2.05, 4.69) is 4.99 Å². The minimum Gasteiger partial charge on any atom is -0.454 e. The summed E-state index contributed by atoms with van der Waals surface area (Å²) in [4.78, 5) is 5.76. The van der Waals surface area contributed by atoms with E-state index in [9.17, 15) is 5.11 Å². The van der Waals surface area contributed by atoms with Crippen LogP contribution in [0.3, 0.4) is 0 Å². The maximum absolute atomic E-state index is 9.83. The largest absolute Gasteiger partial charge is 0.454 e. The number of aliphatic imine (C=N–C) groups is 1. The smallest absolute Gasteiger partial charge is 0.296 e. The van der Waals surface area contributed by atoms with Gasteiger partial charge in [-0.05, 0) is 0 Å². The lowest BCUT2D eigenvalue weighted by Crippen LogP contribution is -2.40. The normalized spacial score (nSPS) is 41.5. The first-order valence-corrected chi connectivity index (χ1v) is 5.24. The fourth-order valence-electron chi connectivity index (χ4n) is 2.26. The topological polar surface area (TPSA) is 98.4 Å². The third-order valence-electron chi connectivity index (χ3n) is 3.11. The number of fused-ring (bicyclic) bond motifs is 3. The van der Waals surface area contributed by atoms with Gasteiger partial charge in [0.1, 0.15) is 18.0 Å². The molecule has 1 unspecified atom stereocenters. The molecule has 3 rings (SSSR count). The molecular formula is C9H13N3O4. The fourth-order valence-corrected chi connectivity index (χ4v) is 2.26. The molecule has 88 valence electrons. The average molecular weight is 227 g/mol. The molecule has 0 spiro atoms. The van der Waals surface area contributed by atoms with E-state index in [4.69, 9.17) is 20.0 Å². The van der Waals surface area contributed by atoms with Crippen molar-refractivity contribution in [2.24, 2.45) is 4.99 Å². The number of amidine groups is 2. The van der Waals surface area contributed by atoms with Gasteiger partial charge in [-0.1, -0.05) is 0 Å². The Morgan fingerprint density at radius 3 is 3.12 bits per heavy atom. The Morgan fingerprint density at radius 2 is 2.38 bits per heavy atom. The van der Waals surface area contributed by atoms with Crippen LogP contribution in [0.2, 0.25) is 0 Å². The Bertz CT molecular complexity index is 359. The highest BCUT2D eigenvalue weighted by Gasteiger charge is 2.54.